The maximum atomic E-state index is 14.2. The monoisotopic (exact) mass is 496 g/mol. The van der Waals surface area contributed by atoms with Crippen molar-refractivity contribution in [3.05, 3.63) is 81.2 Å². The van der Waals surface area contributed by atoms with Gasteiger partial charge in [0.1, 0.15) is 29.8 Å². The lowest BCUT2D eigenvalue weighted by Gasteiger charge is -2.37. The number of carbonyl (C=O) groups excluding carboxylic acids is 1. The number of ether oxygens (including phenoxy) is 3. The number of halogens is 2. The second kappa shape index (κ2) is 9.63. The van der Waals surface area contributed by atoms with E-state index in [2.05, 4.69) is 6.07 Å². The van der Waals surface area contributed by atoms with Gasteiger partial charge in [0.25, 0.3) is 0 Å². The number of nitriles is 1. The van der Waals surface area contributed by atoms with E-state index in [4.69, 9.17) is 31.5 Å². The van der Waals surface area contributed by atoms with Crippen molar-refractivity contribution < 1.29 is 23.4 Å². The number of nitrogens with zero attached hydrogens (tertiary/aromatic N) is 1. The van der Waals surface area contributed by atoms with Crippen LogP contribution in [0.2, 0.25) is 5.02 Å². The quantitative estimate of drug-likeness (QED) is 0.534. The summed E-state index contributed by atoms with van der Waals surface area (Å²) < 4.78 is 31.6. The summed E-state index contributed by atoms with van der Waals surface area (Å²) in [6.45, 7) is 6.06. The van der Waals surface area contributed by atoms with Gasteiger partial charge in [-0.15, -0.1) is 0 Å². The third-order valence-corrected chi connectivity index (χ3v) is 6.46. The first-order chi connectivity index (χ1) is 16.6. The van der Waals surface area contributed by atoms with Gasteiger partial charge in [-0.05, 0) is 42.2 Å². The molecule has 1 unspecified atom stereocenters. The maximum absolute atomic E-state index is 14.2. The number of allylic oxidation sites excluding steroid dienone is 3. The van der Waals surface area contributed by atoms with E-state index in [9.17, 15) is 14.4 Å². The number of rotatable bonds is 6. The van der Waals surface area contributed by atoms with Crippen molar-refractivity contribution in [1.82, 2.24) is 0 Å². The van der Waals surface area contributed by atoms with Gasteiger partial charge in [-0.1, -0.05) is 37.6 Å². The van der Waals surface area contributed by atoms with Gasteiger partial charge >= 0.3 is 0 Å². The fraction of sp³-hybridized carbons (Fsp3) is 0.333. The van der Waals surface area contributed by atoms with Crippen LogP contribution in [0.15, 0.2) is 59.2 Å². The number of nitrogens with two attached hydrogens (primary N) is 1. The Bertz CT molecular complexity index is 1270. The molecule has 0 saturated carbocycles. The zero-order valence-electron chi connectivity index (χ0n) is 19.8. The standard InChI is InChI=1S/C27H26ClFN2O4/c1-4-33-22-10-15(8-9-21(22)34-14-17-18(28)6-5-7-19(17)29)24-16(13-30)26(31)35-23-12-27(2,3)11-20(32)25(23)24/h5-10,24H,4,11-12,14,31H2,1-3H3. The summed E-state index contributed by atoms with van der Waals surface area (Å²) in [5, 5.41) is 10.1. The molecule has 1 aliphatic carbocycles. The molecule has 1 aliphatic heterocycles. The molecule has 0 amide bonds. The van der Waals surface area contributed by atoms with Crippen molar-refractivity contribution in [2.24, 2.45) is 11.1 Å². The first-order valence-corrected chi connectivity index (χ1v) is 11.7. The molecule has 0 aromatic heterocycles. The van der Waals surface area contributed by atoms with Crippen LogP contribution in [0.4, 0.5) is 4.39 Å². The predicted molar refractivity (Wildman–Crippen MR) is 129 cm³/mol. The molecule has 182 valence electrons. The van der Waals surface area contributed by atoms with Gasteiger partial charge in [-0.25, -0.2) is 4.39 Å². The second-order valence-electron chi connectivity index (χ2n) is 9.33. The largest absolute Gasteiger partial charge is 0.490 e. The van der Waals surface area contributed by atoms with E-state index in [1.54, 1.807) is 24.3 Å². The molecule has 2 aliphatic rings. The summed E-state index contributed by atoms with van der Waals surface area (Å²) in [5.74, 6) is 0.0464. The Kier molecular flexibility index (Phi) is 6.77. The van der Waals surface area contributed by atoms with Crippen molar-refractivity contribution in [3.8, 4) is 17.6 Å². The van der Waals surface area contributed by atoms with Crippen LogP contribution in [0.5, 0.6) is 11.5 Å². The van der Waals surface area contributed by atoms with Gasteiger partial charge in [0.15, 0.2) is 17.3 Å². The Morgan fingerprint density at radius 3 is 2.69 bits per heavy atom. The van der Waals surface area contributed by atoms with Crippen molar-refractivity contribution in [3.63, 3.8) is 0 Å². The molecule has 0 bridgehead atoms. The third-order valence-electron chi connectivity index (χ3n) is 6.11. The molecule has 2 aromatic rings. The highest BCUT2D eigenvalue weighted by Gasteiger charge is 2.43. The number of ketones is 1. The first-order valence-electron chi connectivity index (χ1n) is 11.3. The summed E-state index contributed by atoms with van der Waals surface area (Å²) in [4.78, 5) is 13.2. The number of carbonyl (C=O) groups is 1. The van der Waals surface area contributed by atoms with Crippen LogP contribution in [0.1, 0.15) is 50.7 Å². The molecule has 8 heteroatoms. The molecule has 2 aromatic carbocycles. The van der Waals surface area contributed by atoms with Crippen LogP contribution in [0, 0.1) is 22.6 Å². The van der Waals surface area contributed by atoms with Crippen LogP contribution in [-0.2, 0) is 16.1 Å². The van der Waals surface area contributed by atoms with E-state index in [-0.39, 0.29) is 39.8 Å². The normalized spacial score (nSPS) is 19.1. The second-order valence-corrected chi connectivity index (χ2v) is 9.74. The lowest BCUT2D eigenvalue weighted by Crippen LogP contribution is -2.33. The van der Waals surface area contributed by atoms with Crippen LogP contribution in [0.3, 0.4) is 0 Å². The Morgan fingerprint density at radius 1 is 1.23 bits per heavy atom. The smallest absolute Gasteiger partial charge is 0.205 e. The Balaban J connectivity index is 1.73. The van der Waals surface area contributed by atoms with E-state index in [0.717, 1.165) is 0 Å². The molecular formula is C27H26ClFN2O4. The summed E-state index contributed by atoms with van der Waals surface area (Å²) in [7, 11) is 0. The molecule has 1 heterocycles. The minimum atomic E-state index is -0.679. The highest BCUT2D eigenvalue weighted by Crippen LogP contribution is 2.48. The van der Waals surface area contributed by atoms with Crippen molar-refractivity contribution in [1.29, 1.82) is 5.26 Å². The molecule has 1 atom stereocenters. The minimum Gasteiger partial charge on any atom is -0.490 e. The topological polar surface area (TPSA) is 94.6 Å². The lowest BCUT2D eigenvalue weighted by molar-refractivity contribution is -0.119. The van der Waals surface area contributed by atoms with Gasteiger partial charge in [-0.2, -0.15) is 5.26 Å². The number of benzene rings is 2. The van der Waals surface area contributed by atoms with E-state index in [1.807, 2.05) is 20.8 Å². The van der Waals surface area contributed by atoms with Crippen LogP contribution >= 0.6 is 11.6 Å². The summed E-state index contributed by atoms with van der Waals surface area (Å²) >= 11 is 6.12. The minimum absolute atomic E-state index is 0.00534. The van der Waals surface area contributed by atoms with Crippen LogP contribution < -0.4 is 15.2 Å². The molecule has 4 rings (SSSR count). The molecule has 35 heavy (non-hydrogen) atoms. The van der Waals surface area contributed by atoms with E-state index in [0.29, 0.717) is 47.8 Å². The Morgan fingerprint density at radius 2 is 2.00 bits per heavy atom. The summed E-state index contributed by atoms with van der Waals surface area (Å²) in [6, 6.07) is 11.7. The average Bonchev–Trinajstić information content (AvgIpc) is 2.78. The Labute approximate surface area is 208 Å². The Hall–Kier alpha value is -3.50. The molecule has 0 radical (unpaired) electrons. The lowest BCUT2D eigenvalue weighted by atomic mass is 9.70. The zero-order chi connectivity index (χ0) is 25.3. The van der Waals surface area contributed by atoms with Crippen molar-refractivity contribution in [2.75, 3.05) is 6.61 Å². The van der Waals surface area contributed by atoms with Gasteiger partial charge in [0.05, 0.1) is 17.5 Å². The third kappa shape index (κ3) is 4.85. The van der Waals surface area contributed by atoms with Crippen LogP contribution in [-0.4, -0.2) is 12.4 Å². The molecule has 0 spiro atoms. The van der Waals surface area contributed by atoms with Gasteiger partial charge in [-0.3, -0.25) is 4.79 Å². The summed E-state index contributed by atoms with van der Waals surface area (Å²) in [6.07, 6.45) is 0.875. The van der Waals surface area contributed by atoms with E-state index < -0.39 is 11.7 Å². The number of hydrogen-bond donors (Lipinski definition) is 1. The molecule has 0 saturated heterocycles. The van der Waals surface area contributed by atoms with Crippen molar-refractivity contribution in [2.45, 2.75) is 46.1 Å². The fourth-order valence-corrected chi connectivity index (χ4v) is 4.75. The van der Waals surface area contributed by atoms with Crippen LogP contribution in [0.25, 0.3) is 0 Å². The van der Waals surface area contributed by atoms with E-state index in [1.165, 1.54) is 12.1 Å². The van der Waals surface area contributed by atoms with Gasteiger partial charge in [0, 0.05) is 24.0 Å². The van der Waals surface area contributed by atoms with Crippen molar-refractivity contribution >= 4 is 17.4 Å². The first kappa shape index (κ1) is 24.6. The molecule has 6 nitrogen and oxygen atoms in total. The number of Topliss-reactive ketones (excluding diaryl/α,β-unsaturated/α-hetero) is 1. The SMILES string of the molecule is CCOc1cc(C2C(C#N)=C(N)OC3=C2C(=O)CC(C)(C)C3)ccc1OCc1c(F)cccc1Cl. The van der Waals surface area contributed by atoms with Gasteiger partial charge in [0.2, 0.25) is 5.88 Å². The maximum Gasteiger partial charge on any atom is 0.205 e. The highest BCUT2D eigenvalue weighted by molar-refractivity contribution is 6.31. The zero-order valence-corrected chi connectivity index (χ0v) is 20.5. The van der Waals surface area contributed by atoms with Gasteiger partial charge < -0.3 is 19.9 Å². The number of hydrogen-bond acceptors (Lipinski definition) is 6. The molecule has 0 fully saturated rings. The van der Waals surface area contributed by atoms with E-state index >= 15 is 0 Å². The predicted octanol–water partition coefficient (Wildman–Crippen LogP) is 5.91. The molecule has 2 N–H and O–H groups in total. The fourth-order valence-electron chi connectivity index (χ4n) is 4.53. The highest BCUT2D eigenvalue weighted by atomic mass is 35.5. The average molecular weight is 497 g/mol. The summed E-state index contributed by atoms with van der Waals surface area (Å²) in [5.41, 5.74) is 7.34. The molecular weight excluding hydrogens is 471 g/mol.